The van der Waals surface area contributed by atoms with Gasteiger partial charge in [0, 0.05) is 71.2 Å². The van der Waals surface area contributed by atoms with Gasteiger partial charge >= 0.3 is 0 Å². The Labute approximate surface area is 300 Å². The van der Waals surface area contributed by atoms with E-state index in [0.717, 1.165) is 52.1 Å². The number of para-hydroxylation sites is 2. The van der Waals surface area contributed by atoms with E-state index in [1.165, 1.54) is 132 Å². The highest BCUT2D eigenvalue weighted by molar-refractivity contribution is 6.09. The van der Waals surface area contributed by atoms with Crippen LogP contribution in [-0.4, -0.2) is 32.2 Å². The molecule has 0 aliphatic rings. The van der Waals surface area contributed by atoms with E-state index >= 15 is 0 Å². The molecule has 0 amide bonds. The van der Waals surface area contributed by atoms with Crippen LogP contribution in [0.15, 0.2) is 73.1 Å². The van der Waals surface area contributed by atoms with Crippen molar-refractivity contribution in [2.24, 2.45) is 0 Å². The number of aromatic nitrogens is 4. The molecule has 0 bridgehead atoms. The number of unbranched alkanes of at least 4 members (excludes halogenated alkanes) is 11. The number of aryl methyl sites for hydroxylation is 2. The van der Waals surface area contributed by atoms with Crippen molar-refractivity contribution in [2.75, 3.05) is 13.1 Å². The van der Waals surface area contributed by atoms with E-state index in [0.29, 0.717) is 0 Å². The lowest BCUT2D eigenvalue weighted by atomic mass is 10.1. The largest absolute Gasteiger partial charge is 0.339 e. The Kier molecular flexibility index (Phi) is 13.7. The van der Waals surface area contributed by atoms with Crippen LogP contribution < -0.4 is 10.6 Å². The summed E-state index contributed by atoms with van der Waals surface area (Å²) in [5.41, 5.74) is 7.63. The van der Waals surface area contributed by atoms with Crippen LogP contribution >= 0.6 is 0 Å². The number of hydrogen-bond acceptors (Lipinski definition) is 4. The van der Waals surface area contributed by atoms with Crippen LogP contribution in [0.4, 0.5) is 0 Å². The third kappa shape index (κ3) is 8.76. The van der Waals surface area contributed by atoms with Crippen molar-refractivity contribution in [3.63, 3.8) is 0 Å². The maximum Gasteiger partial charge on any atom is 0.0784 e. The Morgan fingerprint density at radius 3 is 1.34 bits per heavy atom. The third-order valence-corrected chi connectivity index (χ3v) is 10.5. The molecule has 0 aliphatic heterocycles. The number of nitrogens with one attached hydrogen (secondary N) is 2. The van der Waals surface area contributed by atoms with Crippen molar-refractivity contribution in [3.8, 4) is 0 Å². The third-order valence-electron chi connectivity index (χ3n) is 10.5. The first-order chi connectivity index (χ1) is 24.8. The van der Waals surface area contributed by atoms with Gasteiger partial charge in [0.25, 0.3) is 0 Å². The van der Waals surface area contributed by atoms with E-state index in [-0.39, 0.29) is 0 Å². The standard InChI is InChI=1S/C44H60N6/c1-3-5-7-9-11-19-31-49-41-23-15-13-21-35(41)37-25-29-47-39(43(37)49)33-45-27-17-18-28-46-34-40-44-38(26-30-48-40)36-22-14-16-24-42(36)50(44)32-20-12-10-8-6-4-2/h13-16,21-26,29-30,45-46H,3-12,17-20,27-28,31-34H2,1-2H3. The number of nitrogens with zero attached hydrogens (tertiary/aromatic N) is 4. The molecule has 6 heteroatoms. The SMILES string of the molecule is CCCCCCCCn1c2ccccc2c2ccnc(CNCCCCNCc3nccc4c5ccccc5n(CCCCCCCC)c34)c21. The molecule has 0 saturated carbocycles. The van der Waals surface area contributed by atoms with Crippen LogP contribution in [0, 0.1) is 0 Å². The Hall–Kier alpha value is -3.74. The van der Waals surface area contributed by atoms with Crippen LogP contribution in [0.3, 0.4) is 0 Å². The maximum absolute atomic E-state index is 4.89. The van der Waals surface area contributed by atoms with E-state index in [9.17, 15) is 0 Å². The lowest BCUT2D eigenvalue weighted by Gasteiger charge is -2.12. The predicted molar refractivity (Wildman–Crippen MR) is 214 cm³/mol. The second-order valence-corrected chi connectivity index (χ2v) is 14.2. The van der Waals surface area contributed by atoms with Gasteiger partial charge in [-0.05, 0) is 63.0 Å². The van der Waals surface area contributed by atoms with E-state index in [4.69, 9.17) is 9.97 Å². The minimum atomic E-state index is 0.798. The highest BCUT2D eigenvalue weighted by Gasteiger charge is 2.16. The molecule has 6 aromatic rings. The lowest BCUT2D eigenvalue weighted by molar-refractivity contribution is 0.564. The first kappa shape index (κ1) is 36.1. The number of pyridine rings is 2. The summed E-state index contributed by atoms with van der Waals surface area (Å²) in [6.07, 6.45) is 21.9. The highest BCUT2D eigenvalue weighted by atomic mass is 15.0. The fraction of sp³-hybridized carbons (Fsp3) is 0.500. The van der Waals surface area contributed by atoms with Gasteiger partial charge in [-0.3, -0.25) is 9.97 Å². The summed E-state index contributed by atoms with van der Waals surface area (Å²) >= 11 is 0. The average Bonchev–Trinajstić information content (AvgIpc) is 3.65. The fourth-order valence-electron chi connectivity index (χ4n) is 7.88. The lowest BCUT2D eigenvalue weighted by Crippen LogP contribution is -2.20. The molecule has 0 saturated heterocycles. The molecule has 0 atom stereocenters. The molecule has 50 heavy (non-hydrogen) atoms. The van der Waals surface area contributed by atoms with Crippen molar-refractivity contribution < 1.29 is 0 Å². The van der Waals surface area contributed by atoms with Crippen molar-refractivity contribution >= 4 is 43.6 Å². The van der Waals surface area contributed by atoms with Gasteiger partial charge in [0.2, 0.25) is 0 Å². The van der Waals surface area contributed by atoms with E-state index in [1.54, 1.807) is 0 Å². The molecule has 6 nitrogen and oxygen atoms in total. The molecule has 0 radical (unpaired) electrons. The van der Waals surface area contributed by atoms with E-state index in [1.807, 2.05) is 12.4 Å². The van der Waals surface area contributed by atoms with Gasteiger partial charge in [-0.25, -0.2) is 0 Å². The molecule has 2 N–H and O–H groups in total. The van der Waals surface area contributed by atoms with Gasteiger partial charge in [-0.2, -0.15) is 0 Å². The second kappa shape index (κ2) is 19.0. The van der Waals surface area contributed by atoms with Crippen molar-refractivity contribution in [2.45, 2.75) is 130 Å². The number of benzene rings is 2. The summed E-state index contributed by atoms with van der Waals surface area (Å²) in [4.78, 5) is 9.78. The molecule has 0 spiro atoms. The van der Waals surface area contributed by atoms with Gasteiger partial charge in [-0.1, -0.05) is 114 Å². The van der Waals surface area contributed by atoms with Crippen LogP contribution in [0.1, 0.15) is 115 Å². The smallest absolute Gasteiger partial charge is 0.0784 e. The molecule has 0 fully saturated rings. The summed E-state index contributed by atoms with van der Waals surface area (Å²) in [6.45, 7) is 10.3. The molecular weight excluding hydrogens is 613 g/mol. The zero-order chi connectivity index (χ0) is 34.4. The molecule has 4 heterocycles. The van der Waals surface area contributed by atoms with Crippen LogP contribution in [-0.2, 0) is 26.2 Å². The zero-order valence-electron chi connectivity index (χ0n) is 30.9. The summed E-state index contributed by atoms with van der Waals surface area (Å²) < 4.78 is 5.08. The molecule has 2 aromatic carbocycles. The second-order valence-electron chi connectivity index (χ2n) is 14.2. The number of rotatable bonds is 23. The molecule has 6 rings (SSSR count). The Morgan fingerprint density at radius 1 is 0.460 bits per heavy atom. The molecular formula is C44H60N6. The topological polar surface area (TPSA) is 59.7 Å². The predicted octanol–water partition coefficient (Wildman–Crippen LogP) is 11.1. The molecule has 0 unspecified atom stereocenters. The zero-order valence-corrected chi connectivity index (χ0v) is 30.9. The molecule has 0 aliphatic carbocycles. The van der Waals surface area contributed by atoms with Crippen LogP contribution in [0.2, 0.25) is 0 Å². The quantitative estimate of drug-likeness (QED) is 0.0665. The first-order valence-electron chi connectivity index (χ1n) is 19.9. The minimum Gasteiger partial charge on any atom is -0.339 e. The van der Waals surface area contributed by atoms with Gasteiger partial charge in [0.15, 0.2) is 0 Å². The average molecular weight is 673 g/mol. The molecule has 4 aromatic heterocycles. The highest BCUT2D eigenvalue weighted by Crippen LogP contribution is 2.32. The van der Waals surface area contributed by atoms with Crippen LogP contribution in [0.25, 0.3) is 43.6 Å². The van der Waals surface area contributed by atoms with Gasteiger partial charge in [-0.15, -0.1) is 0 Å². The van der Waals surface area contributed by atoms with Gasteiger partial charge in [0.05, 0.1) is 22.4 Å². The van der Waals surface area contributed by atoms with Crippen LogP contribution in [0.5, 0.6) is 0 Å². The van der Waals surface area contributed by atoms with Crippen molar-refractivity contribution in [1.82, 2.24) is 29.7 Å². The Morgan fingerprint density at radius 2 is 0.880 bits per heavy atom. The maximum atomic E-state index is 4.89. The first-order valence-corrected chi connectivity index (χ1v) is 19.9. The Balaban J connectivity index is 1.01. The van der Waals surface area contributed by atoms with E-state index in [2.05, 4.69) is 94.3 Å². The van der Waals surface area contributed by atoms with E-state index < -0.39 is 0 Å². The summed E-state index contributed by atoms with van der Waals surface area (Å²) in [5.74, 6) is 0. The summed E-state index contributed by atoms with van der Waals surface area (Å²) in [6, 6.07) is 22.2. The fourth-order valence-corrected chi connectivity index (χ4v) is 7.88. The molecule has 266 valence electrons. The number of hydrogen-bond donors (Lipinski definition) is 2. The Bertz CT molecular complexity index is 1780. The monoisotopic (exact) mass is 672 g/mol. The number of fused-ring (bicyclic) bond motifs is 6. The minimum absolute atomic E-state index is 0.798. The van der Waals surface area contributed by atoms with Crippen molar-refractivity contribution in [3.05, 3.63) is 84.4 Å². The summed E-state index contributed by atoms with van der Waals surface area (Å²) in [5, 5.41) is 12.8. The van der Waals surface area contributed by atoms with Crippen molar-refractivity contribution in [1.29, 1.82) is 0 Å². The van der Waals surface area contributed by atoms with Gasteiger partial charge < -0.3 is 19.8 Å². The normalized spacial score (nSPS) is 12.0. The summed E-state index contributed by atoms with van der Waals surface area (Å²) in [7, 11) is 0. The van der Waals surface area contributed by atoms with Gasteiger partial charge in [0.1, 0.15) is 0 Å².